The van der Waals surface area contributed by atoms with E-state index in [4.69, 9.17) is 16.3 Å². The fourth-order valence-electron chi connectivity index (χ4n) is 2.16. The van der Waals surface area contributed by atoms with Crippen molar-refractivity contribution in [3.05, 3.63) is 69.0 Å². The Morgan fingerprint density at radius 3 is 2.70 bits per heavy atom. The van der Waals surface area contributed by atoms with Crippen LogP contribution in [0.2, 0.25) is 5.02 Å². The maximum absolute atomic E-state index is 11.8. The van der Waals surface area contributed by atoms with Gasteiger partial charge in [0.15, 0.2) is 11.6 Å². The SMILES string of the molecule is CC(=O)c1cc([N+](=O)[O-])ccc1Sc1n[nH]c(COc2ccc(Cl)cc2)n1. The average Bonchev–Trinajstić information content (AvgIpc) is 3.08. The van der Waals surface area contributed by atoms with Gasteiger partial charge in [0.25, 0.3) is 5.69 Å². The third-order valence-corrected chi connectivity index (χ3v) is 4.65. The second-order valence-electron chi connectivity index (χ2n) is 5.40. The molecule has 1 N–H and O–H groups in total. The van der Waals surface area contributed by atoms with Gasteiger partial charge in [-0.1, -0.05) is 11.6 Å². The van der Waals surface area contributed by atoms with Crippen LogP contribution in [-0.2, 0) is 6.61 Å². The van der Waals surface area contributed by atoms with Crippen LogP contribution < -0.4 is 4.74 Å². The molecule has 0 fully saturated rings. The number of carbonyl (C=O) groups excluding carboxylic acids is 1. The van der Waals surface area contributed by atoms with E-state index in [0.717, 1.165) is 11.8 Å². The maximum Gasteiger partial charge on any atom is 0.270 e. The van der Waals surface area contributed by atoms with Crippen LogP contribution >= 0.6 is 23.4 Å². The van der Waals surface area contributed by atoms with Gasteiger partial charge in [0, 0.05) is 27.6 Å². The number of hydrogen-bond acceptors (Lipinski definition) is 7. The molecule has 1 heterocycles. The highest BCUT2D eigenvalue weighted by atomic mass is 35.5. The molecule has 8 nitrogen and oxygen atoms in total. The van der Waals surface area contributed by atoms with Gasteiger partial charge in [0.05, 0.1) is 4.92 Å². The van der Waals surface area contributed by atoms with E-state index in [1.165, 1.54) is 25.1 Å². The Balaban J connectivity index is 1.71. The summed E-state index contributed by atoms with van der Waals surface area (Å²) in [7, 11) is 0. The molecule has 0 amide bonds. The number of nitro benzene ring substituents is 1. The van der Waals surface area contributed by atoms with E-state index in [9.17, 15) is 14.9 Å². The summed E-state index contributed by atoms with van der Waals surface area (Å²) in [5.74, 6) is 0.862. The number of nitrogens with zero attached hydrogens (tertiary/aromatic N) is 3. The summed E-state index contributed by atoms with van der Waals surface area (Å²) in [6.45, 7) is 1.53. The first-order chi connectivity index (χ1) is 12.9. The first-order valence-corrected chi connectivity index (χ1v) is 8.88. The van der Waals surface area contributed by atoms with Crippen LogP contribution in [0.25, 0.3) is 0 Å². The number of carbonyl (C=O) groups is 1. The minimum Gasteiger partial charge on any atom is -0.486 e. The van der Waals surface area contributed by atoms with Crippen molar-refractivity contribution in [3.63, 3.8) is 0 Å². The molecule has 0 bridgehead atoms. The highest BCUT2D eigenvalue weighted by Crippen LogP contribution is 2.31. The molecule has 0 aliphatic rings. The Kier molecular flexibility index (Phi) is 5.72. The number of aromatic amines is 1. The lowest BCUT2D eigenvalue weighted by molar-refractivity contribution is -0.384. The summed E-state index contributed by atoms with van der Waals surface area (Å²) in [4.78, 5) is 27.0. The molecule has 0 aliphatic heterocycles. The molecule has 0 aliphatic carbocycles. The van der Waals surface area contributed by atoms with E-state index in [0.29, 0.717) is 26.6 Å². The van der Waals surface area contributed by atoms with Gasteiger partial charge < -0.3 is 4.74 Å². The van der Waals surface area contributed by atoms with E-state index in [1.807, 2.05) is 0 Å². The number of aromatic nitrogens is 3. The zero-order valence-corrected chi connectivity index (χ0v) is 15.6. The molecule has 0 radical (unpaired) electrons. The Hall–Kier alpha value is -2.91. The second kappa shape index (κ2) is 8.19. The van der Waals surface area contributed by atoms with Crippen molar-refractivity contribution in [3.8, 4) is 5.75 Å². The molecule has 3 rings (SSSR count). The highest BCUT2D eigenvalue weighted by Gasteiger charge is 2.16. The third kappa shape index (κ3) is 4.83. The number of hydrogen-bond donors (Lipinski definition) is 1. The predicted octanol–water partition coefficient (Wildman–Crippen LogP) is 4.30. The Bertz CT molecular complexity index is 991. The van der Waals surface area contributed by atoms with Crippen LogP contribution in [0.15, 0.2) is 52.5 Å². The zero-order chi connectivity index (χ0) is 19.4. The predicted molar refractivity (Wildman–Crippen MR) is 99.4 cm³/mol. The van der Waals surface area contributed by atoms with Crippen LogP contribution in [0.5, 0.6) is 5.75 Å². The number of nitro groups is 1. The monoisotopic (exact) mass is 404 g/mol. The quantitative estimate of drug-likeness (QED) is 0.355. The van der Waals surface area contributed by atoms with Gasteiger partial charge >= 0.3 is 0 Å². The molecule has 0 unspecified atom stereocenters. The van der Waals surface area contributed by atoms with E-state index in [-0.39, 0.29) is 23.6 Å². The topological polar surface area (TPSA) is 111 Å². The third-order valence-electron chi connectivity index (χ3n) is 3.45. The van der Waals surface area contributed by atoms with Crippen molar-refractivity contribution in [2.24, 2.45) is 0 Å². The number of halogens is 1. The van der Waals surface area contributed by atoms with Crippen molar-refractivity contribution < 1.29 is 14.5 Å². The molecule has 3 aromatic rings. The Labute approximate surface area is 163 Å². The van der Waals surface area contributed by atoms with Gasteiger partial charge in [0.2, 0.25) is 5.16 Å². The normalized spacial score (nSPS) is 10.6. The van der Waals surface area contributed by atoms with Crippen molar-refractivity contribution >= 4 is 34.8 Å². The largest absolute Gasteiger partial charge is 0.486 e. The number of rotatable bonds is 7. The number of H-pyrrole nitrogens is 1. The maximum atomic E-state index is 11.8. The summed E-state index contributed by atoms with van der Waals surface area (Å²) in [6.07, 6.45) is 0. The summed E-state index contributed by atoms with van der Waals surface area (Å²) in [5, 5.41) is 18.7. The van der Waals surface area contributed by atoms with Gasteiger partial charge in [-0.15, -0.1) is 5.10 Å². The van der Waals surface area contributed by atoms with Crippen molar-refractivity contribution in [2.45, 2.75) is 23.6 Å². The van der Waals surface area contributed by atoms with Gasteiger partial charge in [0.1, 0.15) is 12.4 Å². The molecule has 10 heteroatoms. The summed E-state index contributed by atoms with van der Waals surface area (Å²) in [6, 6.07) is 11.0. The summed E-state index contributed by atoms with van der Waals surface area (Å²) in [5.41, 5.74) is 0.106. The Morgan fingerprint density at radius 1 is 1.30 bits per heavy atom. The minimum absolute atomic E-state index is 0.142. The van der Waals surface area contributed by atoms with Crippen LogP contribution in [0, 0.1) is 10.1 Å². The van der Waals surface area contributed by atoms with Gasteiger partial charge in [-0.25, -0.2) is 4.98 Å². The lowest BCUT2D eigenvalue weighted by atomic mass is 10.1. The van der Waals surface area contributed by atoms with Crippen molar-refractivity contribution in [1.82, 2.24) is 15.2 Å². The second-order valence-corrected chi connectivity index (χ2v) is 6.85. The first kappa shape index (κ1) is 18.9. The zero-order valence-electron chi connectivity index (χ0n) is 14.0. The van der Waals surface area contributed by atoms with E-state index < -0.39 is 4.92 Å². The average molecular weight is 405 g/mol. The number of ketones is 1. The molecule has 27 heavy (non-hydrogen) atoms. The van der Waals surface area contributed by atoms with Crippen molar-refractivity contribution in [1.29, 1.82) is 0 Å². The smallest absolute Gasteiger partial charge is 0.270 e. The van der Waals surface area contributed by atoms with Gasteiger partial charge in [-0.05, 0) is 49.0 Å². The molecular weight excluding hydrogens is 392 g/mol. The van der Waals surface area contributed by atoms with Crippen LogP contribution in [-0.4, -0.2) is 25.9 Å². The molecule has 1 aromatic heterocycles. The molecule has 0 saturated heterocycles. The first-order valence-electron chi connectivity index (χ1n) is 7.69. The molecule has 0 saturated carbocycles. The summed E-state index contributed by atoms with van der Waals surface area (Å²) < 4.78 is 5.58. The van der Waals surface area contributed by atoms with Gasteiger partial charge in [-0.2, -0.15) is 0 Å². The highest BCUT2D eigenvalue weighted by molar-refractivity contribution is 7.99. The van der Waals surface area contributed by atoms with Gasteiger partial charge in [-0.3, -0.25) is 20.0 Å². The fourth-order valence-corrected chi connectivity index (χ4v) is 3.18. The van der Waals surface area contributed by atoms with E-state index in [1.54, 1.807) is 24.3 Å². The standard InChI is InChI=1S/C17H13ClN4O4S/c1-10(23)14-8-12(22(24)25)4-7-15(14)27-17-19-16(20-21-17)9-26-13-5-2-11(18)3-6-13/h2-8H,9H2,1H3,(H,19,20,21). The van der Waals surface area contributed by atoms with Crippen LogP contribution in [0.4, 0.5) is 5.69 Å². The molecule has 0 atom stereocenters. The summed E-state index contributed by atoms with van der Waals surface area (Å²) >= 11 is 6.96. The van der Waals surface area contributed by atoms with Crippen molar-refractivity contribution in [2.75, 3.05) is 0 Å². The number of nitrogens with one attached hydrogen (secondary N) is 1. The number of ether oxygens (including phenoxy) is 1. The molecular formula is C17H13ClN4O4S. The minimum atomic E-state index is -0.542. The Morgan fingerprint density at radius 2 is 2.04 bits per heavy atom. The molecule has 0 spiro atoms. The van der Waals surface area contributed by atoms with Crippen LogP contribution in [0.3, 0.4) is 0 Å². The number of Topliss-reactive ketones (excluding diaryl/α,β-unsaturated/α-hetero) is 1. The molecule has 138 valence electrons. The van der Waals surface area contributed by atoms with E-state index >= 15 is 0 Å². The lowest BCUT2D eigenvalue weighted by Crippen LogP contribution is -1.98. The number of non-ortho nitro benzene ring substituents is 1. The fraction of sp³-hybridized carbons (Fsp3) is 0.118. The number of benzene rings is 2. The molecule has 2 aromatic carbocycles. The van der Waals surface area contributed by atoms with E-state index in [2.05, 4.69) is 15.2 Å². The van der Waals surface area contributed by atoms with Crippen LogP contribution in [0.1, 0.15) is 23.1 Å². The lowest BCUT2D eigenvalue weighted by Gasteiger charge is -2.04.